The van der Waals surface area contributed by atoms with Crippen molar-refractivity contribution in [2.24, 2.45) is 0 Å². The van der Waals surface area contributed by atoms with Gasteiger partial charge in [0.1, 0.15) is 12.4 Å². The van der Waals surface area contributed by atoms with Crippen LogP contribution in [0.2, 0.25) is 0 Å². The Balaban J connectivity index is 2.16. The van der Waals surface area contributed by atoms with Gasteiger partial charge in [-0.25, -0.2) is 0 Å². The molecule has 5 nitrogen and oxygen atoms in total. The number of hydrogen-bond acceptors (Lipinski definition) is 3. The third-order valence-electron chi connectivity index (χ3n) is 2.97. The molecule has 0 bridgehead atoms. The fourth-order valence-electron chi connectivity index (χ4n) is 2.02. The summed E-state index contributed by atoms with van der Waals surface area (Å²) < 4.78 is 1.63. The van der Waals surface area contributed by atoms with Crippen molar-refractivity contribution in [2.45, 2.75) is 20.4 Å². The second-order valence-electron chi connectivity index (χ2n) is 4.34. The summed E-state index contributed by atoms with van der Waals surface area (Å²) in [5.74, 6) is 0.438. The lowest BCUT2D eigenvalue weighted by Gasteiger charge is -2.21. The average Bonchev–Trinajstić information content (AvgIpc) is 2.70. The van der Waals surface area contributed by atoms with E-state index < -0.39 is 0 Å². The van der Waals surface area contributed by atoms with Crippen molar-refractivity contribution >= 4 is 17.4 Å². The number of nitrogen functional groups attached to an aromatic ring is 1. The van der Waals surface area contributed by atoms with E-state index in [1.165, 1.54) is 0 Å². The third kappa shape index (κ3) is 2.93. The molecule has 0 aliphatic heterocycles. The van der Waals surface area contributed by atoms with Crippen LogP contribution < -0.4 is 10.6 Å². The molecule has 0 atom stereocenters. The number of aryl methyl sites for hydroxylation is 1. The Labute approximate surface area is 112 Å². The Hall–Kier alpha value is -2.30. The molecular formula is C14H18N4O. The summed E-state index contributed by atoms with van der Waals surface area (Å²) >= 11 is 0. The minimum atomic E-state index is -0.0000926. The number of rotatable bonds is 4. The molecule has 1 aromatic carbocycles. The molecule has 5 heteroatoms. The monoisotopic (exact) mass is 258 g/mol. The maximum atomic E-state index is 12.3. The number of nitrogens with zero attached hydrogens (tertiary/aromatic N) is 3. The smallest absolute Gasteiger partial charge is 0.248 e. The molecule has 1 aromatic heterocycles. The van der Waals surface area contributed by atoms with E-state index in [0.29, 0.717) is 12.4 Å². The largest absolute Gasteiger partial charge is 0.382 e. The summed E-state index contributed by atoms with van der Waals surface area (Å²) in [6.45, 7) is 4.66. The zero-order valence-electron chi connectivity index (χ0n) is 11.2. The van der Waals surface area contributed by atoms with E-state index in [1.54, 1.807) is 15.6 Å². The molecule has 0 aliphatic carbocycles. The van der Waals surface area contributed by atoms with Crippen LogP contribution in [-0.4, -0.2) is 22.2 Å². The second-order valence-corrected chi connectivity index (χ2v) is 4.34. The number of para-hydroxylation sites is 1. The topological polar surface area (TPSA) is 64.2 Å². The van der Waals surface area contributed by atoms with Crippen LogP contribution in [0.5, 0.6) is 0 Å². The van der Waals surface area contributed by atoms with Crippen LogP contribution in [-0.2, 0) is 11.3 Å². The van der Waals surface area contributed by atoms with E-state index in [2.05, 4.69) is 5.10 Å². The minimum absolute atomic E-state index is 0.0000926. The molecule has 0 saturated carbocycles. The first kappa shape index (κ1) is 13.1. The van der Waals surface area contributed by atoms with Crippen molar-refractivity contribution in [1.29, 1.82) is 0 Å². The zero-order valence-corrected chi connectivity index (χ0v) is 11.2. The van der Waals surface area contributed by atoms with Gasteiger partial charge in [-0.15, -0.1) is 0 Å². The Morgan fingerprint density at radius 1 is 1.37 bits per heavy atom. The average molecular weight is 258 g/mol. The fourth-order valence-corrected chi connectivity index (χ4v) is 2.02. The van der Waals surface area contributed by atoms with Gasteiger partial charge in [0.15, 0.2) is 0 Å². The minimum Gasteiger partial charge on any atom is -0.382 e. The first-order chi connectivity index (χ1) is 9.11. The van der Waals surface area contributed by atoms with E-state index in [9.17, 15) is 4.79 Å². The van der Waals surface area contributed by atoms with Gasteiger partial charge in [-0.2, -0.15) is 5.10 Å². The highest BCUT2D eigenvalue weighted by atomic mass is 16.2. The molecule has 19 heavy (non-hydrogen) atoms. The van der Waals surface area contributed by atoms with Gasteiger partial charge in [-0.3, -0.25) is 9.48 Å². The van der Waals surface area contributed by atoms with Crippen molar-refractivity contribution in [3.63, 3.8) is 0 Å². The van der Waals surface area contributed by atoms with Gasteiger partial charge in [-0.1, -0.05) is 18.2 Å². The molecule has 2 rings (SSSR count). The van der Waals surface area contributed by atoms with Crippen LogP contribution in [0, 0.1) is 6.92 Å². The van der Waals surface area contributed by atoms with Crippen LogP contribution in [0.1, 0.15) is 12.6 Å². The summed E-state index contributed by atoms with van der Waals surface area (Å²) in [4.78, 5) is 14.1. The molecule has 0 spiro atoms. The highest BCUT2D eigenvalue weighted by molar-refractivity contribution is 5.93. The fraction of sp³-hybridized carbons (Fsp3) is 0.286. The van der Waals surface area contributed by atoms with Crippen molar-refractivity contribution in [1.82, 2.24) is 9.78 Å². The molecule has 0 saturated heterocycles. The van der Waals surface area contributed by atoms with E-state index in [4.69, 9.17) is 5.73 Å². The lowest BCUT2D eigenvalue weighted by molar-refractivity contribution is -0.119. The summed E-state index contributed by atoms with van der Waals surface area (Å²) in [5.41, 5.74) is 7.40. The predicted molar refractivity (Wildman–Crippen MR) is 75.8 cm³/mol. The first-order valence-corrected chi connectivity index (χ1v) is 6.27. The highest BCUT2D eigenvalue weighted by Crippen LogP contribution is 2.14. The molecule has 1 amide bonds. The van der Waals surface area contributed by atoms with Crippen LogP contribution in [0.15, 0.2) is 36.4 Å². The molecule has 100 valence electrons. The van der Waals surface area contributed by atoms with Gasteiger partial charge >= 0.3 is 0 Å². The molecule has 0 aliphatic rings. The summed E-state index contributed by atoms with van der Waals surface area (Å²) in [6.07, 6.45) is 0. The Morgan fingerprint density at radius 2 is 2.05 bits per heavy atom. The lowest BCUT2D eigenvalue weighted by atomic mass is 10.3. The van der Waals surface area contributed by atoms with Crippen LogP contribution in [0.25, 0.3) is 0 Å². The molecule has 0 fully saturated rings. The van der Waals surface area contributed by atoms with Gasteiger partial charge in [0.2, 0.25) is 5.91 Å². The summed E-state index contributed by atoms with van der Waals surface area (Å²) in [5, 5.41) is 4.11. The SMILES string of the molecule is CCN(C(=O)Cn1nc(N)cc1C)c1ccccc1. The van der Waals surface area contributed by atoms with E-state index in [0.717, 1.165) is 11.4 Å². The number of nitrogens with two attached hydrogens (primary N) is 1. The van der Waals surface area contributed by atoms with Crippen LogP contribution >= 0.6 is 0 Å². The van der Waals surface area contributed by atoms with Crippen LogP contribution in [0.4, 0.5) is 11.5 Å². The standard InChI is InChI=1S/C14H18N4O/c1-3-17(12-7-5-4-6-8-12)14(19)10-18-11(2)9-13(15)16-18/h4-9H,3,10H2,1-2H3,(H2,15,16). The van der Waals surface area contributed by atoms with Crippen molar-refractivity contribution in [3.8, 4) is 0 Å². The maximum Gasteiger partial charge on any atom is 0.248 e. The molecule has 2 aromatic rings. The quantitative estimate of drug-likeness (QED) is 0.910. The van der Waals surface area contributed by atoms with Crippen LogP contribution in [0.3, 0.4) is 0 Å². The van der Waals surface area contributed by atoms with E-state index in [1.807, 2.05) is 44.2 Å². The number of hydrogen-bond donors (Lipinski definition) is 1. The number of benzene rings is 1. The third-order valence-corrected chi connectivity index (χ3v) is 2.97. The van der Waals surface area contributed by atoms with Crippen molar-refractivity contribution in [3.05, 3.63) is 42.1 Å². The summed E-state index contributed by atoms with van der Waals surface area (Å²) in [6, 6.07) is 11.4. The predicted octanol–water partition coefficient (Wildman–Crippen LogP) is 1.83. The highest BCUT2D eigenvalue weighted by Gasteiger charge is 2.15. The first-order valence-electron chi connectivity index (χ1n) is 6.27. The van der Waals surface area contributed by atoms with Gasteiger partial charge in [0.05, 0.1) is 0 Å². The van der Waals surface area contributed by atoms with Crippen molar-refractivity contribution < 1.29 is 4.79 Å². The number of carbonyl (C=O) groups excluding carboxylic acids is 1. The Bertz CT molecular complexity index is 562. The van der Waals surface area contributed by atoms with Gasteiger partial charge in [-0.05, 0) is 26.0 Å². The zero-order chi connectivity index (χ0) is 13.8. The Morgan fingerprint density at radius 3 is 2.58 bits per heavy atom. The van der Waals surface area contributed by atoms with E-state index >= 15 is 0 Å². The normalized spacial score (nSPS) is 10.4. The molecule has 1 heterocycles. The molecule has 0 radical (unpaired) electrons. The number of likely N-dealkylation sites (N-methyl/N-ethyl adjacent to an activating group) is 1. The molecule has 2 N–H and O–H groups in total. The van der Waals surface area contributed by atoms with Crippen molar-refractivity contribution in [2.75, 3.05) is 17.2 Å². The van der Waals surface area contributed by atoms with E-state index in [-0.39, 0.29) is 12.5 Å². The van der Waals surface area contributed by atoms with Gasteiger partial charge in [0.25, 0.3) is 0 Å². The Kier molecular flexibility index (Phi) is 3.85. The number of amides is 1. The lowest BCUT2D eigenvalue weighted by Crippen LogP contribution is -2.34. The maximum absolute atomic E-state index is 12.3. The van der Waals surface area contributed by atoms with Gasteiger partial charge < -0.3 is 10.6 Å². The second kappa shape index (κ2) is 5.56. The molecular weight excluding hydrogens is 240 g/mol. The number of carbonyl (C=O) groups is 1. The molecule has 0 unspecified atom stereocenters. The summed E-state index contributed by atoms with van der Waals surface area (Å²) in [7, 11) is 0. The number of aromatic nitrogens is 2. The van der Waals surface area contributed by atoms with Gasteiger partial charge in [0, 0.05) is 24.0 Å². The number of anilines is 2.